The minimum absolute atomic E-state index is 0.144. The minimum atomic E-state index is -1.42. The van der Waals surface area contributed by atoms with Crippen molar-refractivity contribution < 1.29 is 24.5 Å². The Morgan fingerprint density at radius 1 is 1.16 bits per heavy atom. The van der Waals surface area contributed by atoms with Gasteiger partial charge in [0.1, 0.15) is 23.3 Å². The molecule has 0 atom stereocenters. The van der Waals surface area contributed by atoms with Crippen LogP contribution in [0.5, 0.6) is 23.0 Å². The van der Waals surface area contributed by atoms with E-state index in [0.29, 0.717) is 11.5 Å². The molecule has 0 spiro atoms. The van der Waals surface area contributed by atoms with E-state index in [2.05, 4.69) is 4.98 Å². The Labute approximate surface area is 142 Å². The van der Waals surface area contributed by atoms with Gasteiger partial charge in [0.15, 0.2) is 17.1 Å². The average Bonchev–Trinajstić information content (AvgIpc) is 2.63. The third-order valence-electron chi connectivity index (χ3n) is 3.56. The lowest BCUT2D eigenvalue weighted by Gasteiger charge is -2.12. The van der Waals surface area contributed by atoms with E-state index in [1.165, 1.54) is 6.07 Å². The first-order valence-electron chi connectivity index (χ1n) is 7.16. The smallest absolute Gasteiger partial charge is 0.358 e. The number of aromatic nitrogens is 1. The van der Waals surface area contributed by atoms with Gasteiger partial charge in [-0.05, 0) is 30.3 Å². The fourth-order valence-electron chi connectivity index (χ4n) is 2.41. The maximum atomic E-state index is 11.2. The van der Waals surface area contributed by atoms with E-state index in [4.69, 9.17) is 14.6 Å². The maximum absolute atomic E-state index is 11.2. The van der Waals surface area contributed by atoms with Crippen molar-refractivity contribution in [1.82, 2.24) is 4.98 Å². The predicted octanol–water partition coefficient (Wildman–Crippen LogP) is 3.31. The highest BCUT2D eigenvalue weighted by Gasteiger charge is 2.21. The normalized spacial score (nSPS) is 10.2. The number of aromatic carboxylic acids is 1. The highest BCUT2D eigenvalue weighted by molar-refractivity contribution is 6.02. The number of nitriles is 1. The van der Waals surface area contributed by atoms with E-state index in [-0.39, 0.29) is 22.2 Å². The standard InChI is InChI=1S/C18H12N2O5/c1-24-10-5-7-11(8-6-10)25-14-4-2-3-12-15(14)13(9-19)20-16(17(12)21)18(22)23/h2-8,21H,1H3,(H,22,23). The van der Waals surface area contributed by atoms with Crippen molar-refractivity contribution in [2.24, 2.45) is 0 Å². The molecule has 0 saturated carbocycles. The molecule has 0 saturated heterocycles. The van der Waals surface area contributed by atoms with E-state index in [1.54, 1.807) is 43.5 Å². The number of fused-ring (bicyclic) bond motifs is 1. The molecule has 3 aromatic rings. The van der Waals surface area contributed by atoms with E-state index < -0.39 is 17.4 Å². The molecule has 0 fully saturated rings. The third kappa shape index (κ3) is 2.88. The fourth-order valence-corrected chi connectivity index (χ4v) is 2.41. The number of carbonyl (C=O) groups is 1. The summed E-state index contributed by atoms with van der Waals surface area (Å²) in [6.07, 6.45) is 0. The molecule has 0 radical (unpaired) electrons. The Hall–Kier alpha value is -3.79. The Bertz CT molecular complexity index is 1010. The van der Waals surface area contributed by atoms with Crippen molar-refractivity contribution >= 4 is 16.7 Å². The Kier molecular flexibility index (Phi) is 4.10. The monoisotopic (exact) mass is 336 g/mol. The molecule has 1 aromatic heterocycles. The van der Waals surface area contributed by atoms with Crippen LogP contribution >= 0.6 is 0 Å². The zero-order chi connectivity index (χ0) is 18.0. The lowest BCUT2D eigenvalue weighted by atomic mass is 10.1. The SMILES string of the molecule is COc1ccc(Oc2cccc3c(O)c(C(=O)O)nc(C#N)c23)cc1. The largest absolute Gasteiger partial charge is 0.505 e. The van der Waals surface area contributed by atoms with E-state index >= 15 is 0 Å². The van der Waals surface area contributed by atoms with Gasteiger partial charge < -0.3 is 19.7 Å². The molecule has 0 unspecified atom stereocenters. The summed E-state index contributed by atoms with van der Waals surface area (Å²) in [5.41, 5.74) is -0.722. The number of hydrogen-bond donors (Lipinski definition) is 2. The molecule has 0 amide bonds. The number of methoxy groups -OCH3 is 1. The molecule has 0 bridgehead atoms. The molecule has 2 N–H and O–H groups in total. The van der Waals surface area contributed by atoms with E-state index in [0.717, 1.165) is 0 Å². The van der Waals surface area contributed by atoms with Gasteiger partial charge in [0.05, 0.1) is 12.5 Å². The molecule has 0 aliphatic carbocycles. The highest BCUT2D eigenvalue weighted by Crippen LogP contribution is 2.37. The maximum Gasteiger partial charge on any atom is 0.358 e. The van der Waals surface area contributed by atoms with E-state index in [9.17, 15) is 15.2 Å². The van der Waals surface area contributed by atoms with Crippen LogP contribution in [-0.2, 0) is 0 Å². The average molecular weight is 336 g/mol. The number of aromatic hydroxyl groups is 1. The lowest BCUT2D eigenvalue weighted by molar-refractivity contribution is 0.0687. The van der Waals surface area contributed by atoms with Gasteiger partial charge in [0.25, 0.3) is 0 Å². The second-order valence-electron chi connectivity index (χ2n) is 5.03. The molecule has 2 aromatic carbocycles. The molecule has 3 rings (SSSR count). The highest BCUT2D eigenvalue weighted by atomic mass is 16.5. The van der Waals surface area contributed by atoms with Crippen LogP contribution in [0.25, 0.3) is 10.8 Å². The molecule has 0 aliphatic rings. The number of hydrogen-bond acceptors (Lipinski definition) is 6. The third-order valence-corrected chi connectivity index (χ3v) is 3.56. The second-order valence-corrected chi connectivity index (χ2v) is 5.03. The number of nitrogens with zero attached hydrogens (tertiary/aromatic N) is 2. The quantitative estimate of drug-likeness (QED) is 0.751. The number of pyridine rings is 1. The lowest BCUT2D eigenvalue weighted by Crippen LogP contribution is -2.04. The number of carboxylic acids is 1. The molecule has 1 heterocycles. The van der Waals surface area contributed by atoms with Gasteiger partial charge >= 0.3 is 5.97 Å². The van der Waals surface area contributed by atoms with Gasteiger partial charge in [-0.25, -0.2) is 9.78 Å². The topological polar surface area (TPSA) is 113 Å². The van der Waals surface area contributed by atoms with E-state index in [1.807, 2.05) is 6.07 Å². The Morgan fingerprint density at radius 2 is 1.84 bits per heavy atom. The van der Waals surface area contributed by atoms with Gasteiger partial charge in [0.2, 0.25) is 0 Å². The van der Waals surface area contributed by atoms with Crippen molar-refractivity contribution in [3.8, 4) is 29.1 Å². The summed E-state index contributed by atoms with van der Waals surface area (Å²) >= 11 is 0. The summed E-state index contributed by atoms with van der Waals surface area (Å²) in [6, 6.07) is 13.3. The van der Waals surface area contributed by atoms with Crippen molar-refractivity contribution in [2.75, 3.05) is 7.11 Å². The zero-order valence-electron chi connectivity index (χ0n) is 13.1. The summed E-state index contributed by atoms with van der Waals surface area (Å²) in [5.74, 6) is -0.509. The van der Waals surface area contributed by atoms with Crippen molar-refractivity contribution in [3.05, 3.63) is 53.9 Å². The number of benzene rings is 2. The minimum Gasteiger partial charge on any atom is -0.505 e. The van der Waals surface area contributed by atoms with Gasteiger partial charge in [0, 0.05) is 5.39 Å². The van der Waals surface area contributed by atoms with Crippen LogP contribution in [0.2, 0.25) is 0 Å². The van der Waals surface area contributed by atoms with Crippen molar-refractivity contribution in [1.29, 1.82) is 5.26 Å². The Morgan fingerprint density at radius 3 is 2.44 bits per heavy atom. The summed E-state index contributed by atoms with van der Waals surface area (Å²) in [4.78, 5) is 14.9. The first kappa shape index (κ1) is 16.1. The Balaban J connectivity index is 2.17. The van der Waals surface area contributed by atoms with Gasteiger partial charge in [-0.15, -0.1) is 0 Å². The van der Waals surface area contributed by atoms with Crippen LogP contribution in [0.15, 0.2) is 42.5 Å². The molecule has 25 heavy (non-hydrogen) atoms. The zero-order valence-corrected chi connectivity index (χ0v) is 13.1. The number of ether oxygens (including phenoxy) is 2. The predicted molar refractivity (Wildman–Crippen MR) is 88.2 cm³/mol. The molecule has 0 aliphatic heterocycles. The molecular formula is C18H12N2O5. The van der Waals surface area contributed by atoms with Crippen LogP contribution in [-0.4, -0.2) is 28.3 Å². The second kappa shape index (κ2) is 6.37. The van der Waals surface area contributed by atoms with Crippen molar-refractivity contribution in [3.63, 3.8) is 0 Å². The van der Waals surface area contributed by atoms with Crippen LogP contribution in [0.1, 0.15) is 16.2 Å². The van der Waals surface area contributed by atoms with Gasteiger partial charge in [-0.2, -0.15) is 5.26 Å². The molecule has 7 heteroatoms. The number of carboxylic acid groups (broad SMARTS) is 1. The van der Waals surface area contributed by atoms with Crippen LogP contribution < -0.4 is 9.47 Å². The molecule has 7 nitrogen and oxygen atoms in total. The van der Waals surface area contributed by atoms with Crippen LogP contribution in [0.4, 0.5) is 0 Å². The fraction of sp³-hybridized carbons (Fsp3) is 0.0556. The number of rotatable bonds is 4. The van der Waals surface area contributed by atoms with Crippen LogP contribution in [0, 0.1) is 11.3 Å². The first-order chi connectivity index (χ1) is 12.0. The molecule has 124 valence electrons. The summed E-state index contributed by atoms with van der Waals surface area (Å²) in [7, 11) is 1.55. The summed E-state index contributed by atoms with van der Waals surface area (Å²) in [5, 5.41) is 29.0. The first-order valence-corrected chi connectivity index (χ1v) is 7.16. The summed E-state index contributed by atoms with van der Waals surface area (Å²) < 4.78 is 10.9. The molecular weight excluding hydrogens is 324 g/mol. The van der Waals surface area contributed by atoms with Crippen molar-refractivity contribution in [2.45, 2.75) is 0 Å². The summed E-state index contributed by atoms with van der Waals surface area (Å²) in [6.45, 7) is 0. The van der Waals surface area contributed by atoms with Gasteiger partial charge in [-0.3, -0.25) is 0 Å². The van der Waals surface area contributed by atoms with Gasteiger partial charge in [-0.1, -0.05) is 12.1 Å². The van der Waals surface area contributed by atoms with Crippen LogP contribution in [0.3, 0.4) is 0 Å².